The second-order valence-electron chi connectivity index (χ2n) is 4.43. The zero-order chi connectivity index (χ0) is 14.0. The predicted octanol–water partition coefficient (Wildman–Crippen LogP) is 2.78. The van der Waals surface area contributed by atoms with Crippen LogP contribution in [0.15, 0.2) is 28.7 Å². The van der Waals surface area contributed by atoms with E-state index in [0.717, 1.165) is 21.4 Å². The van der Waals surface area contributed by atoms with E-state index < -0.39 is 6.10 Å². The van der Waals surface area contributed by atoms with Crippen molar-refractivity contribution in [3.05, 3.63) is 45.7 Å². The van der Waals surface area contributed by atoms with E-state index >= 15 is 0 Å². The van der Waals surface area contributed by atoms with Gasteiger partial charge < -0.3 is 9.84 Å². The molecule has 0 spiro atoms. The topological polar surface area (TPSA) is 47.3 Å². The summed E-state index contributed by atoms with van der Waals surface area (Å²) in [5.74, 6) is 0.699. The molecule has 102 valence electrons. The molecule has 0 amide bonds. The number of nitrogens with zero attached hydrogens (tertiary/aromatic N) is 2. The number of aliphatic hydroxyl groups excluding tert-OH is 1. The van der Waals surface area contributed by atoms with Gasteiger partial charge in [0.1, 0.15) is 5.75 Å². The first-order valence-electron chi connectivity index (χ1n) is 6.03. The maximum Gasteiger partial charge on any atom is 0.124 e. The molecule has 5 heteroatoms. The summed E-state index contributed by atoms with van der Waals surface area (Å²) in [5.41, 5.74) is 2.68. The van der Waals surface area contributed by atoms with Gasteiger partial charge in [-0.15, -0.1) is 0 Å². The van der Waals surface area contributed by atoms with Gasteiger partial charge in [0.2, 0.25) is 0 Å². The van der Waals surface area contributed by atoms with Gasteiger partial charge in [-0.1, -0.05) is 18.2 Å². The van der Waals surface area contributed by atoms with Crippen LogP contribution in [0.5, 0.6) is 5.75 Å². The Morgan fingerprint density at radius 3 is 2.68 bits per heavy atom. The molecule has 1 N–H and O–H groups in total. The largest absolute Gasteiger partial charge is 0.496 e. The number of hydrogen-bond acceptors (Lipinski definition) is 3. The highest BCUT2D eigenvalue weighted by molar-refractivity contribution is 9.10. The van der Waals surface area contributed by atoms with Crippen molar-refractivity contribution in [3.8, 4) is 5.75 Å². The van der Waals surface area contributed by atoms with E-state index in [1.807, 2.05) is 38.2 Å². The molecule has 2 rings (SSSR count). The monoisotopic (exact) mass is 324 g/mol. The lowest BCUT2D eigenvalue weighted by atomic mass is 10.0. The summed E-state index contributed by atoms with van der Waals surface area (Å²) in [5, 5.41) is 14.7. The highest BCUT2D eigenvalue weighted by Gasteiger charge is 2.18. The van der Waals surface area contributed by atoms with Crippen molar-refractivity contribution in [2.24, 2.45) is 7.05 Å². The van der Waals surface area contributed by atoms with Crippen LogP contribution in [0.4, 0.5) is 0 Å². The minimum absolute atomic E-state index is 0.484. The Labute approximate surface area is 121 Å². The second kappa shape index (κ2) is 5.75. The summed E-state index contributed by atoms with van der Waals surface area (Å²) in [6.45, 7) is 1.93. The molecule has 0 aliphatic carbocycles. The molecule has 0 bridgehead atoms. The number of ether oxygens (including phenoxy) is 1. The predicted molar refractivity (Wildman–Crippen MR) is 77.3 cm³/mol. The number of methoxy groups -OCH3 is 1. The second-order valence-corrected chi connectivity index (χ2v) is 5.22. The molecule has 0 aliphatic rings. The van der Waals surface area contributed by atoms with Crippen molar-refractivity contribution >= 4 is 15.9 Å². The van der Waals surface area contributed by atoms with Crippen LogP contribution in [0, 0.1) is 6.92 Å². The maximum absolute atomic E-state index is 10.4. The first-order chi connectivity index (χ1) is 9.04. The highest BCUT2D eigenvalue weighted by Crippen LogP contribution is 2.30. The number of benzene rings is 1. The molecule has 0 fully saturated rings. The van der Waals surface area contributed by atoms with Crippen LogP contribution in [0.3, 0.4) is 0 Å². The Morgan fingerprint density at radius 2 is 2.11 bits per heavy atom. The van der Waals surface area contributed by atoms with Gasteiger partial charge in [0, 0.05) is 19.0 Å². The third-order valence-corrected chi connectivity index (χ3v) is 4.18. The molecule has 4 nitrogen and oxygen atoms in total. The van der Waals surface area contributed by atoms with Gasteiger partial charge in [-0.05, 0) is 28.9 Å². The van der Waals surface area contributed by atoms with Gasteiger partial charge in [0.25, 0.3) is 0 Å². The van der Waals surface area contributed by atoms with Gasteiger partial charge in [-0.2, -0.15) is 5.10 Å². The third kappa shape index (κ3) is 2.82. The quantitative estimate of drug-likeness (QED) is 0.940. The normalized spacial score (nSPS) is 12.5. The summed E-state index contributed by atoms with van der Waals surface area (Å²) in [6, 6.07) is 7.51. The number of aromatic nitrogens is 2. The van der Waals surface area contributed by atoms with Crippen LogP contribution in [-0.4, -0.2) is 22.0 Å². The van der Waals surface area contributed by atoms with Crippen LogP contribution >= 0.6 is 15.9 Å². The number of halogens is 1. The van der Waals surface area contributed by atoms with Crippen LogP contribution in [0.25, 0.3) is 0 Å². The van der Waals surface area contributed by atoms with Gasteiger partial charge in [0.05, 0.1) is 29.1 Å². The number of rotatable bonds is 4. The Balaban J connectivity index is 2.28. The van der Waals surface area contributed by atoms with E-state index in [-0.39, 0.29) is 0 Å². The first kappa shape index (κ1) is 14.1. The molecule has 1 aromatic heterocycles. The Hall–Kier alpha value is -1.33. The van der Waals surface area contributed by atoms with Crippen LogP contribution in [0.2, 0.25) is 0 Å². The molecule has 0 saturated heterocycles. The molecule has 0 aliphatic heterocycles. The zero-order valence-electron chi connectivity index (χ0n) is 11.2. The van der Waals surface area contributed by atoms with Crippen molar-refractivity contribution in [3.63, 3.8) is 0 Å². The maximum atomic E-state index is 10.4. The Morgan fingerprint density at radius 1 is 1.42 bits per heavy atom. The highest BCUT2D eigenvalue weighted by atomic mass is 79.9. The van der Waals surface area contributed by atoms with E-state index in [2.05, 4.69) is 21.0 Å². The van der Waals surface area contributed by atoms with Gasteiger partial charge >= 0.3 is 0 Å². The van der Waals surface area contributed by atoms with Crippen molar-refractivity contribution in [2.75, 3.05) is 7.11 Å². The summed E-state index contributed by atoms with van der Waals surface area (Å²) in [6.07, 6.45) is -0.138. The molecular weight excluding hydrogens is 308 g/mol. The van der Waals surface area contributed by atoms with Gasteiger partial charge in [-0.3, -0.25) is 4.68 Å². The minimum Gasteiger partial charge on any atom is -0.496 e. The smallest absolute Gasteiger partial charge is 0.124 e. The van der Waals surface area contributed by atoms with Crippen molar-refractivity contribution < 1.29 is 9.84 Å². The Bertz CT molecular complexity index is 581. The van der Waals surface area contributed by atoms with E-state index in [4.69, 9.17) is 4.74 Å². The van der Waals surface area contributed by atoms with E-state index in [1.165, 1.54) is 0 Å². The molecular formula is C14H17BrN2O2. The molecule has 1 heterocycles. The standard InChI is InChI=1S/C14H17BrN2O2/c1-9-14(15)11(17(2)16-9)8-12(18)10-6-4-5-7-13(10)19-3/h4-7,12,18H,8H2,1-3H3. The van der Waals surface area contributed by atoms with Crippen LogP contribution in [0.1, 0.15) is 23.1 Å². The molecule has 0 saturated carbocycles. The summed E-state index contributed by atoms with van der Waals surface area (Å²) < 4.78 is 8.01. The van der Waals surface area contributed by atoms with Crippen LogP contribution < -0.4 is 4.74 Å². The molecule has 19 heavy (non-hydrogen) atoms. The van der Waals surface area contributed by atoms with E-state index in [0.29, 0.717) is 12.2 Å². The van der Waals surface area contributed by atoms with Crippen LogP contribution in [-0.2, 0) is 13.5 Å². The summed E-state index contributed by atoms with van der Waals surface area (Å²) >= 11 is 3.51. The molecule has 0 radical (unpaired) electrons. The number of hydrogen-bond donors (Lipinski definition) is 1. The fraction of sp³-hybridized carbons (Fsp3) is 0.357. The lowest BCUT2D eigenvalue weighted by Crippen LogP contribution is -2.08. The average molecular weight is 325 g/mol. The fourth-order valence-electron chi connectivity index (χ4n) is 2.14. The van der Waals surface area contributed by atoms with Gasteiger partial charge in [-0.25, -0.2) is 0 Å². The molecule has 1 aromatic carbocycles. The fourth-order valence-corrected chi connectivity index (χ4v) is 2.63. The average Bonchev–Trinajstić information content (AvgIpc) is 2.65. The Kier molecular flexibility index (Phi) is 4.27. The van der Waals surface area contributed by atoms with E-state index in [1.54, 1.807) is 11.8 Å². The molecule has 1 atom stereocenters. The molecule has 2 aromatic rings. The van der Waals surface area contributed by atoms with Crippen molar-refractivity contribution in [1.82, 2.24) is 9.78 Å². The van der Waals surface area contributed by atoms with E-state index in [9.17, 15) is 5.11 Å². The number of para-hydroxylation sites is 1. The first-order valence-corrected chi connectivity index (χ1v) is 6.82. The lowest BCUT2D eigenvalue weighted by molar-refractivity contribution is 0.171. The number of aryl methyl sites for hydroxylation is 2. The molecule has 1 unspecified atom stereocenters. The number of aliphatic hydroxyl groups is 1. The summed E-state index contributed by atoms with van der Waals surface area (Å²) in [4.78, 5) is 0. The minimum atomic E-state index is -0.623. The zero-order valence-corrected chi connectivity index (χ0v) is 12.8. The third-order valence-electron chi connectivity index (χ3n) is 3.15. The lowest BCUT2D eigenvalue weighted by Gasteiger charge is -2.15. The summed E-state index contributed by atoms with van der Waals surface area (Å²) in [7, 11) is 3.48. The van der Waals surface area contributed by atoms with Crippen molar-refractivity contribution in [1.29, 1.82) is 0 Å². The van der Waals surface area contributed by atoms with Gasteiger partial charge in [0.15, 0.2) is 0 Å². The van der Waals surface area contributed by atoms with Crippen molar-refractivity contribution in [2.45, 2.75) is 19.4 Å². The SMILES string of the molecule is COc1ccccc1C(O)Cc1c(Br)c(C)nn1C.